The molecule has 0 saturated heterocycles. The predicted octanol–water partition coefficient (Wildman–Crippen LogP) is 3.76. The van der Waals surface area contributed by atoms with E-state index in [0.29, 0.717) is 32.2 Å². The molecule has 0 fully saturated rings. The molecule has 2 aromatic carbocycles. The summed E-state index contributed by atoms with van der Waals surface area (Å²) in [4.78, 5) is 2.24. The molecular formula is C23H31NO4. The van der Waals surface area contributed by atoms with Crippen molar-refractivity contribution in [2.45, 2.75) is 40.0 Å². The molecule has 152 valence electrons. The Labute approximate surface area is 167 Å². The van der Waals surface area contributed by atoms with Gasteiger partial charge in [0.05, 0.1) is 12.7 Å². The Kier molecular flexibility index (Phi) is 7.31. The quantitative estimate of drug-likeness (QED) is 0.675. The SMILES string of the molecule is Cc1ccc(CN(Cc2ccc3c(c2)OCO3)CC(O)COCC(C)C)cc1. The van der Waals surface area contributed by atoms with Gasteiger partial charge in [-0.2, -0.15) is 0 Å². The van der Waals surface area contributed by atoms with Gasteiger partial charge < -0.3 is 19.3 Å². The van der Waals surface area contributed by atoms with Crippen molar-refractivity contribution in [2.75, 3.05) is 26.6 Å². The molecule has 3 rings (SSSR count). The molecular weight excluding hydrogens is 354 g/mol. The van der Waals surface area contributed by atoms with Crippen LogP contribution in [0.15, 0.2) is 42.5 Å². The van der Waals surface area contributed by atoms with Crippen molar-refractivity contribution in [2.24, 2.45) is 5.92 Å². The number of benzene rings is 2. The molecule has 2 aromatic rings. The van der Waals surface area contributed by atoms with E-state index in [4.69, 9.17) is 14.2 Å². The highest BCUT2D eigenvalue weighted by Crippen LogP contribution is 2.33. The maximum atomic E-state index is 10.5. The van der Waals surface area contributed by atoms with Crippen LogP contribution in [0.5, 0.6) is 11.5 Å². The van der Waals surface area contributed by atoms with Gasteiger partial charge in [0, 0.05) is 26.2 Å². The highest BCUT2D eigenvalue weighted by Gasteiger charge is 2.17. The summed E-state index contributed by atoms with van der Waals surface area (Å²) >= 11 is 0. The van der Waals surface area contributed by atoms with Gasteiger partial charge in [0.25, 0.3) is 0 Å². The van der Waals surface area contributed by atoms with Crippen molar-refractivity contribution in [1.29, 1.82) is 0 Å². The molecule has 0 aromatic heterocycles. The smallest absolute Gasteiger partial charge is 0.231 e. The molecule has 1 N–H and O–H groups in total. The molecule has 1 aliphatic rings. The monoisotopic (exact) mass is 385 g/mol. The summed E-state index contributed by atoms with van der Waals surface area (Å²) in [6.45, 7) is 9.61. The Hall–Kier alpha value is -2.08. The average molecular weight is 386 g/mol. The van der Waals surface area contributed by atoms with Gasteiger partial charge in [0.1, 0.15) is 0 Å². The molecule has 0 aliphatic carbocycles. The van der Waals surface area contributed by atoms with Crippen LogP contribution >= 0.6 is 0 Å². The van der Waals surface area contributed by atoms with Crippen LogP contribution in [0.3, 0.4) is 0 Å². The lowest BCUT2D eigenvalue weighted by molar-refractivity contribution is 0.00554. The van der Waals surface area contributed by atoms with Crippen LogP contribution < -0.4 is 9.47 Å². The molecule has 0 bridgehead atoms. The van der Waals surface area contributed by atoms with E-state index >= 15 is 0 Å². The Balaban J connectivity index is 1.65. The maximum Gasteiger partial charge on any atom is 0.231 e. The fraction of sp³-hybridized carbons (Fsp3) is 0.478. The Morgan fingerprint density at radius 1 is 0.964 bits per heavy atom. The van der Waals surface area contributed by atoms with E-state index in [-0.39, 0.29) is 6.79 Å². The summed E-state index contributed by atoms with van der Waals surface area (Å²) in [5.41, 5.74) is 3.60. The summed E-state index contributed by atoms with van der Waals surface area (Å²) in [5.74, 6) is 2.04. The van der Waals surface area contributed by atoms with E-state index in [0.717, 1.165) is 23.6 Å². The van der Waals surface area contributed by atoms with Gasteiger partial charge in [-0.15, -0.1) is 0 Å². The molecule has 28 heavy (non-hydrogen) atoms. The van der Waals surface area contributed by atoms with Gasteiger partial charge in [0.15, 0.2) is 11.5 Å². The first-order chi connectivity index (χ1) is 13.5. The summed E-state index contributed by atoms with van der Waals surface area (Å²) in [6, 6.07) is 14.5. The molecule has 1 aliphatic heterocycles. The zero-order chi connectivity index (χ0) is 19.9. The Morgan fingerprint density at radius 3 is 2.39 bits per heavy atom. The third kappa shape index (κ3) is 6.23. The zero-order valence-corrected chi connectivity index (χ0v) is 17.1. The number of rotatable bonds is 10. The fourth-order valence-corrected chi connectivity index (χ4v) is 3.22. The van der Waals surface area contributed by atoms with E-state index in [9.17, 15) is 5.11 Å². The van der Waals surface area contributed by atoms with Crippen LogP contribution in [-0.2, 0) is 17.8 Å². The van der Waals surface area contributed by atoms with Crippen molar-refractivity contribution in [1.82, 2.24) is 4.90 Å². The number of ether oxygens (including phenoxy) is 3. The van der Waals surface area contributed by atoms with Crippen molar-refractivity contribution in [3.8, 4) is 11.5 Å². The molecule has 0 radical (unpaired) electrons. The molecule has 0 amide bonds. The van der Waals surface area contributed by atoms with E-state index in [2.05, 4.69) is 56.0 Å². The summed E-state index contributed by atoms with van der Waals surface area (Å²) in [6.07, 6.45) is -0.529. The molecule has 0 spiro atoms. The molecule has 5 heteroatoms. The van der Waals surface area contributed by atoms with E-state index in [1.54, 1.807) is 0 Å². The predicted molar refractivity (Wildman–Crippen MR) is 110 cm³/mol. The lowest BCUT2D eigenvalue weighted by Gasteiger charge is -2.25. The Morgan fingerprint density at radius 2 is 1.64 bits per heavy atom. The average Bonchev–Trinajstić information content (AvgIpc) is 3.11. The highest BCUT2D eigenvalue weighted by molar-refractivity contribution is 5.44. The molecule has 1 heterocycles. The third-order valence-electron chi connectivity index (χ3n) is 4.60. The second kappa shape index (κ2) is 9.92. The molecule has 1 unspecified atom stereocenters. The van der Waals surface area contributed by atoms with Crippen LogP contribution in [-0.4, -0.2) is 42.7 Å². The topological polar surface area (TPSA) is 51.2 Å². The minimum Gasteiger partial charge on any atom is -0.454 e. The lowest BCUT2D eigenvalue weighted by Crippen LogP contribution is -2.34. The van der Waals surface area contributed by atoms with Crippen LogP contribution in [0.4, 0.5) is 0 Å². The normalized spacial score (nSPS) is 14.1. The summed E-state index contributed by atoms with van der Waals surface area (Å²) < 4.78 is 16.5. The Bertz CT molecular complexity index is 745. The highest BCUT2D eigenvalue weighted by atomic mass is 16.7. The van der Waals surface area contributed by atoms with Crippen LogP contribution in [0.25, 0.3) is 0 Å². The maximum absolute atomic E-state index is 10.5. The zero-order valence-electron chi connectivity index (χ0n) is 17.1. The van der Waals surface area contributed by atoms with Gasteiger partial charge in [-0.1, -0.05) is 49.7 Å². The van der Waals surface area contributed by atoms with Crippen molar-refractivity contribution in [3.63, 3.8) is 0 Å². The van der Waals surface area contributed by atoms with Crippen LogP contribution in [0.2, 0.25) is 0 Å². The number of aliphatic hydroxyl groups is 1. The standard InChI is InChI=1S/C23H31NO4/c1-17(2)14-26-15-21(25)13-24(11-19-6-4-18(3)5-7-19)12-20-8-9-22-23(10-20)28-16-27-22/h4-10,17,21,25H,11-16H2,1-3H3. The molecule has 5 nitrogen and oxygen atoms in total. The minimum absolute atomic E-state index is 0.276. The molecule has 1 atom stereocenters. The summed E-state index contributed by atoms with van der Waals surface area (Å²) in [7, 11) is 0. The number of aliphatic hydroxyl groups excluding tert-OH is 1. The number of hydrogen-bond acceptors (Lipinski definition) is 5. The van der Waals surface area contributed by atoms with Gasteiger partial charge in [0.2, 0.25) is 6.79 Å². The molecule has 0 saturated carbocycles. The van der Waals surface area contributed by atoms with Gasteiger partial charge >= 0.3 is 0 Å². The number of nitrogens with zero attached hydrogens (tertiary/aromatic N) is 1. The number of hydrogen-bond donors (Lipinski definition) is 1. The first-order valence-corrected chi connectivity index (χ1v) is 9.92. The number of aryl methyl sites for hydroxylation is 1. The van der Waals surface area contributed by atoms with Gasteiger partial charge in [-0.3, -0.25) is 4.90 Å². The van der Waals surface area contributed by atoms with Crippen LogP contribution in [0, 0.1) is 12.8 Å². The van der Waals surface area contributed by atoms with E-state index in [1.165, 1.54) is 11.1 Å². The summed E-state index contributed by atoms with van der Waals surface area (Å²) in [5, 5.41) is 10.5. The first-order valence-electron chi connectivity index (χ1n) is 9.92. The van der Waals surface area contributed by atoms with E-state index in [1.807, 2.05) is 12.1 Å². The first kappa shape index (κ1) is 20.6. The second-order valence-electron chi connectivity index (χ2n) is 7.93. The van der Waals surface area contributed by atoms with Crippen molar-refractivity contribution in [3.05, 3.63) is 59.2 Å². The lowest BCUT2D eigenvalue weighted by atomic mass is 10.1. The largest absolute Gasteiger partial charge is 0.454 e. The van der Waals surface area contributed by atoms with Crippen molar-refractivity contribution >= 4 is 0 Å². The van der Waals surface area contributed by atoms with Gasteiger partial charge in [-0.05, 0) is 36.1 Å². The number of fused-ring (bicyclic) bond motifs is 1. The second-order valence-corrected chi connectivity index (χ2v) is 7.93. The van der Waals surface area contributed by atoms with Crippen molar-refractivity contribution < 1.29 is 19.3 Å². The van der Waals surface area contributed by atoms with Gasteiger partial charge in [-0.25, -0.2) is 0 Å². The third-order valence-corrected chi connectivity index (χ3v) is 4.60. The van der Waals surface area contributed by atoms with Crippen LogP contribution in [0.1, 0.15) is 30.5 Å². The van der Waals surface area contributed by atoms with E-state index < -0.39 is 6.10 Å². The fourth-order valence-electron chi connectivity index (χ4n) is 3.22. The minimum atomic E-state index is -0.529.